The Morgan fingerprint density at radius 1 is 1.00 bits per heavy atom. The summed E-state index contributed by atoms with van der Waals surface area (Å²) in [7, 11) is -4.19. The van der Waals surface area contributed by atoms with Crippen LogP contribution >= 0.6 is 0 Å². The highest BCUT2D eigenvalue weighted by Gasteiger charge is 2.23. The zero-order chi connectivity index (χ0) is 15.6. The molecule has 4 nitrogen and oxygen atoms in total. The molecule has 0 radical (unpaired) electrons. The SMILES string of the molecule is Cc1ccc(S(=O)(=O)NC(=O)c2c(F)cccc2F)cc1. The van der Waals surface area contributed by atoms with Crippen molar-refractivity contribution in [2.75, 3.05) is 0 Å². The number of hydrogen-bond acceptors (Lipinski definition) is 3. The smallest absolute Gasteiger partial charge is 0.268 e. The zero-order valence-electron chi connectivity index (χ0n) is 10.9. The Hall–Kier alpha value is -2.28. The molecule has 0 saturated heterocycles. The summed E-state index contributed by atoms with van der Waals surface area (Å²) in [6.07, 6.45) is 0. The monoisotopic (exact) mass is 311 g/mol. The molecule has 0 aliphatic heterocycles. The molecule has 0 aliphatic rings. The Morgan fingerprint density at radius 2 is 1.52 bits per heavy atom. The van der Waals surface area contributed by atoms with Gasteiger partial charge in [-0.05, 0) is 31.2 Å². The Labute approximate surface area is 120 Å². The average Bonchev–Trinajstić information content (AvgIpc) is 2.38. The van der Waals surface area contributed by atoms with Crippen LogP contribution in [0.2, 0.25) is 0 Å². The van der Waals surface area contributed by atoms with E-state index in [0.29, 0.717) is 0 Å². The van der Waals surface area contributed by atoms with Crippen molar-refractivity contribution >= 4 is 15.9 Å². The maximum atomic E-state index is 13.4. The number of amides is 1. The van der Waals surface area contributed by atoms with E-state index in [4.69, 9.17) is 0 Å². The number of carbonyl (C=O) groups excluding carboxylic acids is 1. The molecule has 0 saturated carbocycles. The average molecular weight is 311 g/mol. The molecule has 2 rings (SSSR count). The summed E-state index contributed by atoms with van der Waals surface area (Å²) in [5.41, 5.74) is -0.103. The summed E-state index contributed by atoms with van der Waals surface area (Å²) in [5, 5.41) is 0. The predicted octanol–water partition coefficient (Wildman–Crippen LogP) is 2.39. The third kappa shape index (κ3) is 3.25. The van der Waals surface area contributed by atoms with Crippen LogP contribution in [0.5, 0.6) is 0 Å². The van der Waals surface area contributed by atoms with Gasteiger partial charge >= 0.3 is 0 Å². The summed E-state index contributed by atoms with van der Waals surface area (Å²) in [5.74, 6) is -3.62. The maximum absolute atomic E-state index is 13.4. The lowest BCUT2D eigenvalue weighted by Gasteiger charge is -2.08. The number of rotatable bonds is 3. The van der Waals surface area contributed by atoms with Crippen molar-refractivity contribution < 1.29 is 22.0 Å². The van der Waals surface area contributed by atoms with E-state index in [1.54, 1.807) is 23.8 Å². The van der Waals surface area contributed by atoms with E-state index < -0.39 is 33.1 Å². The maximum Gasteiger partial charge on any atom is 0.270 e. The molecule has 0 unspecified atom stereocenters. The van der Waals surface area contributed by atoms with Crippen molar-refractivity contribution in [3.05, 3.63) is 65.2 Å². The topological polar surface area (TPSA) is 63.2 Å². The number of aryl methyl sites for hydroxylation is 1. The molecule has 0 heterocycles. The molecular formula is C14H11F2NO3S. The van der Waals surface area contributed by atoms with Gasteiger partial charge in [0.15, 0.2) is 0 Å². The Morgan fingerprint density at radius 3 is 2.05 bits per heavy atom. The van der Waals surface area contributed by atoms with Crippen molar-refractivity contribution in [3.63, 3.8) is 0 Å². The van der Waals surface area contributed by atoms with Gasteiger partial charge in [0.05, 0.1) is 4.90 Å². The van der Waals surface area contributed by atoms with Crippen molar-refractivity contribution in [3.8, 4) is 0 Å². The third-order valence-electron chi connectivity index (χ3n) is 2.75. The molecule has 110 valence electrons. The van der Waals surface area contributed by atoms with Crippen LogP contribution in [0.1, 0.15) is 15.9 Å². The number of sulfonamides is 1. The first kappa shape index (κ1) is 15.1. The minimum atomic E-state index is -4.19. The third-order valence-corrected chi connectivity index (χ3v) is 4.10. The highest BCUT2D eigenvalue weighted by molar-refractivity contribution is 7.90. The van der Waals surface area contributed by atoms with Gasteiger partial charge in [-0.1, -0.05) is 23.8 Å². The van der Waals surface area contributed by atoms with E-state index >= 15 is 0 Å². The van der Waals surface area contributed by atoms with Crippen LogP contribution in [0.3, 0.4) is 0 Å². The van der Waals surface area contributed by atoms with Crippen LogP contribution in [0.15, 0.2) is 47.4 Å². The molecular weight excluding hydrogens is 300 g/mol. The molecule has 0 aliphatic carbocycles. The normalized spacial score (nSPS) is 11.2. The Kier molecular flexibility index (Phi) is 4.04. The second-order valence-electron chi connectivity index (χ2n) is 4.34. The van der Waals surface area contributed by atoms with Crippen LogP contribution in [-0.4, -0.2) is 14.3 Å². The quantitative estimate of drug-likeness (QED) is 0.946. The summed E-state index contributed by atoms with van der Waals surface area (Å²) in [4.78, 5) is 11.6. The number of nitrogens with one attached hydrogen (secondary N) is 1. The highest BCUT2D eigenvalue weighted by Crippen LogP contribution is 2.14. The Balaban J connectivity index is 2.33. The first-order valence-corrected chi connectivity index (χ1v) is 7.37. The Bertz CT molecular complexity index is 766. The second-order valence-corrected chi connectivity index (χ2v) is 6.03. The van der Waals surface area contributed by atoms with Crippen LogP contribution in [0.4, 0.5) is 8.78 Å². The van der Waals surface area contributed by atoms with Crippen LogP contribution < -0.4 is 4.72 Å². The number of benzene rings is 2. The largest absolute Gasteiger partial charge is 0.270 e. The van der Waals surface area contributed by atoms with Crippen LogP contribution in [-0.2, 0) is 10.0 Å². The molecule has 0 bridgehead atoms. The standard InChI is InChI=1S/C14H11F2NO3S/c1-9-5-7-10(8-6-9)21(19,20)17-14(18)13-11(15)3-2-4-12(13)16/h2-8H,1H3,(H,17,18). The molecule has 21 heavy (non-hydrogen) atoms. The van der Waals surface area contributed by atoms with Crippen LogP contribution in [0, 0.1) is 18.6 Å². The van der Waals surface area contributed by atoms with Crippen LogP contribution in [0.25, 0.3) is 0 Å². The van der Waals surface area contributed by atoms with E-state index in [1.807, 2.05) is 0 Å². The van der Waals surface area contributed by atoms with E-state index in [9.17, 15) is 22.0 Å². The number of carbonyl (C=O) groups is 1. The van der Waals surface area contributed by atoms with E-state index in [-0.39, 0.29) is 4.90 Å². The fraction of sp³-hybridized carbons (Fsp3) is 0.0714. The summed E-state index contributed by atoms with van der Waals surface area (Å²) >= 11 is 0. The molecule has 0 aromatic heterocycles. The van der Waals surface area contributed by atoms with Gasteiger partial charge in [0.25, 0.3) is 15.9 Å². The van der Waals surface area contributed by atoms with Gasteiger partial charge in [-0.3, -0.25) is 4.79 Å². The minimum absolute atomic E-state index is 0.168. The molecule has 1 N–H and O–H groups in total. The van der Waals surface area contributed by atoms with Gasteiger partial charge in [-0.25, -0.2) is 21.9 Å². The molecule has 2 aromatic carbocycles. The number of hydrogen-bond donors (Lipinski definition) is 1. The zero-order valence-corrected chi connectivity index (χ0v) is 11.7. The summed E-state index contributed by atoms with van der Waals surface area (Å²) in [6, 6.07) is 8.50. The fourth-order valence-corrected chi connectivity index (χ4v) is 2.62. The summed E-state index contributed by atoms with van der Waals surface area (Å²) < 4.78 is 52.5. The highest BCUT2D eigenvalue weighted by atomic mass is 32.2. The fourth-order valence-electron chi connectivity index (χ4n) is 1.66. The lowest BCUT2D eigenvalue weighted by Crippen LogP contribution is -2.31. The summed E-state index contributed by atoms with van der Waals surface area (Å²) in [6.45, 7) is 1.77. The predicted molar refractivity (Wildman–Crippen MR) is 72.2 cm³/mol. The van der Waals surface area contributed by atoms with Gasteiger partial charge in [0.1, 0.15) is 17.2 Å². The molecule has 7 heteroatoms. The molecule has 0 spiro atoms. The van der Waals surface area contributed by atoms with Gasteiger partial charge in [-0.2, -0.15) is 0 Å². The van der Waals surface area contributed by atoms with Gasteiger partial charge in [0, 0.05) is 0 Å². The first-order chi connectivity index (χ1) is 9.81. The van der Waals surface area contributed by atoms with Gasteiger partial charge < -0.3 is 0 Å². The van der Waals surface area contributed by atoms with Crippen molar-refractivity contribution in [2.45, 2.75) is 11.8 Å². The molecule has 0 fully saturated rings. The molecule has 0 atom stereocenters. The number of halogens is 2. The minimum Gasteiger partial charge on any atom is -0.268 e. The van der Waals surface area contributed by atoms with Gasteiger partial charge in [0.2, 0.25) is 0 Å². The molecule has 2 aromatic rings. The van der Waals surface area contributed by atoms with Gasteiger partial charge in [-0.15, -0.1) is 0 Å². The van der Waals surface area contributed by atoms with Crippen molar-refractivity contribution in [1.29, 1.82) is 0 Å². The lowest BCUT2D eigenvalue weighted by atomic mass is 10.2. The lowest BCUT2D eigenvalue weighted by molar-refractivity contribution is 0.0973. The van der Waals surface area contributed by atoms with Crippen molar-refractivity contribution in [2.24, 2.45) is 0 Å². The van der Waals surface area contributed by atoms with Crippen molar-refractivity contribution in [1.82, 2.24) is 4.72 Å². The van der Waals surface area contributed by atoms with E-state index in [1.165, 1.54) is 12.1 Å². The first-order valence-electron chi connectivity index (χ1n) is 5.89. The van der Waals surface area contributed by atoms with E-state index in [2.05, 4.69) is 0 Å². The van der Waals surface area contributed by atoms with E-state index in [0.717, 1.165) is 23.8 Å². The molecule has 1 amide bonds. The second kappa shape index (κ2) is 5.61.